The standard InChI is InChI=1S/C16H23NO3/c1-10-7-13(8-11(2)18)9-14(12(10)3)17-15(19)20-16(4,5)6/h7,9H,8H2,1-6H3,(H,17,19). The largest absolute Gasteiger partial charge is 0.444 e. The van der Waals surface area contributed by atoms with Crippen LogP contribution in [0.4, 0.5) is 10.5 Å². The van der Waals surface area contributed by atoms with Crippen LogP contribution >= 0.6 is 0 Å². The maximum Gasteiger partial charge on any atom is 0.412 e. The van der Waals surface area contributed by atoms with Crippen LogP contribution in [-0.2, 0) is 16.0 Å². The number of aryl methyl sites for hydroxylation is 1. The Labute approximate surface area is 120 Å². The van der Waals surface area contributed by atoms with Gasteiger partial charge >= 0.3 is 6.09 Å². The van der Waals surface area contributed by atoms with Crippen LogP contribution in [0.5, 0.6) is 0 Å². The molecule has 20 heavy (non-hydrogen) atoms. The van der Waals surface area contributed by atoms with Crippen LogP contribution in [-0.4, -0.2) is 17.5 Å². The average molecular weight is 277 g/mol. The molecule has 0 fully saturated rings. The minimum Gasteiger partial charge on any atom is -0.444 e. The molecule has 1 N–H and O–H groups in total. The van der Waals surface area contributed by atoms with Gasteiger partial charge < -0.3 is 4.74 Å². The van der Waals surface area contributed by atoms with Gasteiger partial charge in [0.25, 0.3) is 0 Å². The van der Waals surface area contributed by atoms with E-state index in [1.54, 1.807) is 6.92 Å². The van der Waals surface area contributed by atoms with Crippen molar-refractivity contribution < 1.29 is 14.3 Å². The van der Waals surface area contributed by atoms with Gasteiger partial charge in [-0.15, -0.1) is 0 Å². The van der Waals surface area contributed by atoms with Crippen LogP contribution in [0.1, 0.15) is 44.4 Å². The number of hydrogen-bond acceptors (Lipinski definition) is 3. The predicted octanol–water partition coefficient (Wildman–Crippen LogP) is 3.78. The first kappa shape index (κ1) is 16.2. The van der Waals surface area contributed by atoms with E-state index in [1.807, 2.05) is 46.8 Å². The van der Waals surface area contributed by atoms with E-state index in [-0.39, 0.29) is 5.78 Å². The van der Waals surface area contributed by atoms with Gasteiger partial charge in [-0.25, -0.2) is 4.79 Å². The molecule has 4 nitrogen and oxygen atoms in total. The SMILES string of the molecule is CC(=O)Cc1cc(C)c(C)c(NC(=O)OC(C)(C)C)c1. The summed E-state index contributed by atoms with van der Waals surface area (Å²) in [6, 6.07) is 3.80. The van der Waals surface area contributed by atoms with Crippen LogP contribution in [0.15, 0.2) is 12.1 Å². The molecular weight excluding hydrogens is 254 g/mol. The van der Waals surface area contributed by atoms with Gasteiger partial charge in [0.05, 0.1) is 0 Å². The van der Waals surface area contributed by atoms with E-state index in [0.717, 1.165) is 16.7 Å². The molecule has 0 atom stereocenters. The third-order valence-electron chi connectivity index (χ3n) is 2.82. The maximum absolute atomic E-state index is 11.8. The van der Waals surface area contributed by atoms with Crippen LogP contribution in [0, 0.1) is 13.8 Å². The number of hydrogen-bond donors (Lipinski definition) is 1. The van der Waals surface area contributed by atoms with Crippen molar-refractivity contribution in [2.75, 3.05) is 5.32 Å². The second kappa shape index (κ2) is 6.07. The Morgan fingerprint density at radius 3 is 2.30 bits per heavy atom. The van der Waals surface area contributed by atoms with Crippen molar-refractivity contribution in [3.8, 4) is 0 Å². The number of benzene rings is 1. The molecule has 1 aromatic carbocycles. The molecule has 0 heterocycles. The molecule has 1 amide bonds. The molecule has 110 valence electrons. The number of Topliss-reactive ketones (excluding diaryl/α,β-unsaturated/α-hetero) is 1. The van der Waals surface area contributed by atoms with E-state index in [0.29, 0.717) is 12.1 Å². The number of rotatable bonds is 3. The molecule has 1 aromatic rings. The number of amides is 1. The van der Waals surface area contributed by atoms with Crippen molar-refractivity contribution in [1.29, 1.82) is 0 Å². The molecule has 0 spiro atoms. The van der Waals surface area contributed by atoms with Gasteiger partial charge in [0.1, 0.15) is 11.4 Å². The summed E-state index contributed by atoms with van der Waals surface area (Å²) >= 11 is 0. The Kier molecular flexibility index (Phi) is 4.93. The Hall–Kier alpha value is -1.84. The Balaban J connectivity index is 2.96. The fourth-order valence-corrected chi connectivity index (χ4v) is 1.87. The molecule has 0 aromatic heterocycles. The van der Waals surface area contributed by atoms with E-state index in [2.05, 4.69) is 5.32 Å². The van der Waals surface area contributed by atoms with Crippen LogP contribution < -0.4 is 5.32 Å². The summed E-state index contributed by atoms with van der Waals surface area (Å²) in [7, 11) is 0. The zero-order chi connectivity index (χ0) is 15.5. The highest BCUT2D eigenvalue weighted by Crippen LogP contribution is 2.22. The van der Waals surface area contributed by atoms with Gasteiger partial charge in [-0.3, -0.25) is 10.1 Å². The summed E-state index contributed by atoms with van der Waals surface area (Å²) in [6.07, 6.45) is -0.121. The second-order valence-electron chi connectivity index (χ2n) is 6.09. The van der Waals surface area contributed by atoms with Crippen LogP contribution in [0.2, 0.25) is 0 Å². The molecule has 0 saturated carbocycles. The van der Waals surface area contributed by atoms with Crippen molar-refractivity contribution in [1.82, 2.24) is 0 Å². The Bertz CT molecular complexity index is 527. The molecule has 0 aliphatic heterocycles. The number of anilines is 1. The molecule has 0 saturated heterocycles. The summed E-state index contributed by atoms with van der Waals surface area (Å²) in [5.74, 6) is 0.0940. The van der Waals surface area contributed by atoms with Gasteiger partial charge in [-0.05, 0) is 64.3 Å². The fourth-order valence-electron chi connectivity index (χ4n) is 1.87. The summed E-state index contributed by atoms with van der Waals surface area (Å²) in [5, 5.41) is 2.75. The monoisotopic (exact) mass is 277 g/mol. The molecule has 1 rings (SSSR count). The van der Waals surface area contributed by atoms with E-state index in [4.69, 9.17) is 4.74 Å². The van der Waals surface area contributed by atoms with Crippen LogP contribution in [0.25, 0.3) is 0 Å². The Morgan fingerprint density at radius 1 is 1.20 bits per heavy atom. The smallest absolute Gasteiger partial charge is 0.412 e. The highest BCUT2D eigenvalue weighted by Gasteiger charge is 2.17. The molecule has 4 heteroatoms. The van der Waals surface area contributed by atoms with Gasteiger partial charge in [-0.2, -0.15) is 0 Å². The molecule has 0 aliphatic rings. The van der Waals surface area contributed by atoms with Gasteiger partial charge in [0.15, 0.2) is 0 Å². The third-order valence-corrected chi connectivity index (χ3v) is 2.82. The zero-order valence-corrected chi connectivity index (χ0v) is 13.1. The summed E-state index contributed by atoms with van der Waals surface area (Å²) in [6.45, 7) is 10.9. The first-order chi connectivity index (χ1) is 9.08. The lowest BCUT2D eigenvalue weighted by molar-refractivity contribution is -0.116. The normalized spacial score (nSPS) is 11.1. The first-order valence-corrected chi connectivity index (χ1v) is 6.68. The Morgan fingerprint density at radius 2 is 1.80 bits per heavy atom. The van der Waals surface area contributed by atoms with E-state index in [1.165, 1.54) is 0 Å². The van der Waals surface area contributed by atoms with Gasteiger partial charge in [0, 0.05) is 12.1 Å². The number of ketones is 1. The highest BCUT2D eigenvalue weighted by atomic mass is 16.6. The van der Waals surface area contributed by atoms with E-state index >= 15 is 0 Å². The van der Waals surface area contributed by atoms with E-state index in [9.17, 15) is 9.59 Å². The zero-order valence-electron chi connectivity index (χ0n) is 13.1. The average Bonchev–Trinajstić information content (AvgIpc) is 2.21. The summed E-state index contributed by atoms with van der Waals surface area (Å²) in [4.78, 5) is 23.0. The maximum atomic E-state index is 11.8. The second-order valence-corrected chi connectivity index (χ2v) is 6.09. The van der Waals surface area contributed by atoms with Crippen LogP contribution in [0.3, 0.4) is 0 Å². The lowest BCUT2D eigenvalue weighted by Crippen LogP contribution is -2.27. The molecule has 0 bridgehead atoms. The number of carbonyl (C=O) groups is 2. The fraction of sp³-hybridized carbons (Fsp3) is 0.500. The summed E-state index contributed by atoms with van der Waals surface area (Å²) < 4.78 is 5.24. The van der Waals surface area contributed by atoms with Gasteiger partial charge in [0.2, 0.25) is 0 Å². The third kappa shape index (κ3) is 5.03. The van der Waals surface area contributed by atoms with E-state index < -0.39 is 11.7 Å². The number of carbonyl (C=O) groups excluding carboxylic acids is 2. The minimum atomic E-state index is -0.538. The highest BCUT2D eigenvalue weighted by molar-refractivity contribution is 5.87. The quantitative estimate of drug-likeness (QED) is 0.914. The topological polar surface area (TPSA) is 55.4 Å². The number of nitrogens with one attached hydrogen (secondary N) is 1. The molecule has 0 aliphatic carbocycles. The van der Waals surface area contributed by atoms with Crippen molar-refractivity contribution >= 4 is 17.6 Å². The van der Waals surface area contributed by atoms with Gasteiger partial charge in [-0.1, -0.05) is 6.07 Å². The first-order valence-electron chi connectivity index (χ1n) is 6.68. The minimum absolute atomic E-state index is 0.0940. The van der Waals surface area contributed by atoms with Crippen molar-refractivity contribution in [2.24, 2.45) is 0 Å². The lowest BCUT2D eigenvalue weighted by Gasteiger charge is -2.20. The van der Waals surface area contributed by atoms with Crippen molar-refractivity contribution in [2.45, 2.75) is 53.6 Å². The lowest BCUT2D eigenvalue weighted by atomic mass is 10.0. The summed E-state index contributed by atoms with van der Waals surface area (Å²) in [5.41, 5.74) is 3.06. The molecule has 0 unspecified atom stereocenters. The molecule has 0 radical (unpaired) electrons. The predicted molar refractivity (Wildman–Crippen MR) is 80.2 cm³/mol. The molecular formula is C16H23NO3. The number of ether oxygens (including phenoxy) is 1. The van der Waals surface area contributed by atoms with Crippen molar-refractivity contribution in [3.63, 3.8) is 0 Å². The van der Waals surface area contributed by atoms with Crippen molar-refractivity contribution in [3.05, 3.63) is 28.8 Å².